The molecule has 18 heavy (non-hydrogen) atoms. The van der Waals surface area contributed by atoms with Gasteiger partial charge in [-0.05, 0) is 0 Å². The summed E-state index contributed by atoms with van der Waals surface area (Å²) in [6, 6.07) is 0. The van der Waals surface area contributed by atoms with Crippen molar-refractivity contribution in [1.29, 1.82) is 0 Å². The first kappa shape index (κ1) is 14.1. The van der Waals surface area contributed by atoms with Crippen molar-refractivity contribution in [3.05, 3.63) is 17.5 Å². The number of alkyl halides is 5. The zero-order chi connectivity index (χ0) is 13.9. The molecule has 0 saturated carbocycles. The van der Waals surface area contributed by atoms with Crippen LogP contribution in [0.3, 0.4) is 0 Å². The predicted octanol–water partition coefficient (Wildman–Crippen LogP) is 2.74. The normalized spacial score (nSPS) is 11.5. The van der Waals surface area contributed by atoms with E-state index in [1.165, 1.54) is 0 Å². The van der Waals surface area contributed by atoms with Crippen molar-refractivity contribution in [3.8, 4) is 11.5 Å². The Labute approximate surface area is 97.3 Å². The molecule has 0 aliphatic heterocycles. The molecular formula is C9H6F5NO3. The molecule has 0 aromatic carbocycles. The maximum absolute atomic E-state index is 12.5. The van der Waals surface area contributed by atoms with Gasteiger partial charge in [-0.2, -0.15) is 0 Å². The fraction of sp³-hybridized carbons (Fsp3) is 0.333. The fourth-order valence-corrected chi connectivity index (χ4v) is 1.20. The summed E-state index contributed by atoms with van der Waals surface area (Å²) in [4.78, 5) is 13.7. The molecule has 4 nitrogen and oxygen atoms in total. The van der Waals surface area contributed by atoms with Gasteiger partial charge in [0, 0.05) is 0 Å². The van der Waals surface area contributed by atoms with Crippen LogP contribution in [-0.4, -0.2) is 24.7 Å². The van der Waals surface area contributed by atoms with E-state index in [0.717, 1.165) is 7.11 Å². The minimum absolute atomic E-state index is 0.0729. The fourth-order valence-electron chi connectivity index (χ4n) is 1.20. The number of carbonyl (C=O) groups is 1. The van der Waals surface area contributed by atoms with Crippen molar-refractivity contribution in [1.82, 2.24) is 4.98 Å². The highest BCUT2D eigenvalue weighted by Gasteiger charge is 2.34. The second kappa shape index (κ2) is 5.15. The maximum Gasteiger partial charge on any atom is 0.573 e. The van der Waals surface area contributed by atoms with Gasteiger partial charge < -0.3 is 9.47 Å². The van der Waals surface area contributed by atoms with Crippen LogP contribution in [0.5, 0.6) is 11.5 Å². The Kier molecular flexibility index (Phi) is 4.04. The molecule has 0 spiro atoms. The molecule has 0 fully saturated rings. The highest BCUT2D eigenvalue weighted by atomic mass is 19.4. The van der Waals surface area contributed by atoms with Crippen molar-refractivity contribution in [2.24, 2.45) is 0 Å². The van der Waals surface area contributed by atoms with Crippen molar-refractivity contribution in [2.45, 2.75) is 12.8 Å². The first-order valence-electron chi connectivity index (χ1n) is 4.36. The number of rotatable bonds is 4. The molecule has 0 aliphatic carbocycles. The average Bonchev–Trinajstić information content (AvgIpc) is 2.25. The van der Waals surface area contributed by atoms with Crippen LogP contribution < -0.4 is 9.47 Å². The SMILES string of the molecule is COc1c(OC(F)(F)F)cnc(C(F)F)c1C=O. The third kappa shape index (κ3) is 3.05. The van der Waals surface area contributed by atoms with Crippen LogP contribution in [-0.2, 0) is 0 Å². The van der Waals surface area contributed by atoms with Crippen molar-refractivity contribution in [2.75, 3.05) is 7.11 Å². The largest absolute Gasteiger partial charge is 0.573 e. The molecule has 0 N–H and O–H groups in total. The van der Waals surface area contributed by atoms with E-state index in [1.807, 2.05) is 0 Å². The van der Waals surface area contributed by atoms with E-state index in [9.17, 15) is 26.7 Å². The second-order valence-corrected chi connectivity index (χ2v) is 2.92. The Hall–Kier alpha value is -1.93. The van der Waals surface area contributed by atoms with E-state index in [1.54, 1.807) is 0 Å². The van der Waals surface area contributed by atoms with Crippen molar-refractivity contribution < 1.29 is 36.2 Å². The molecule has 0 unspecified atom stereocenters. The number of hydrogen-bond donors (Lipinski definition) is 0. The number of pyridine rings is 1. The number of ether oxygens (including phenoxy) is 2. The summed E-state index contributed by atoms with van der Waals surface area (Å²) < 4.78 is 68.9. The first-order valence-corrected chi connectivity index (χ1v) is 4.36. The number of aromatic nitrogens is 1. The Morgan fingerprint density at radius 2 is 2.00 bits per heavy atom. The van der Waals surface area contributed by atoms with Crippen LogP contribution in [0.4, 0.5) is 22.0 Å². The van der Waals surface area contributed by atoms with Gasteiger partial charge in [0.05, 0.1) is 18.9 Å². The molecule has 9 heteroatoms. The first-order chi connectivity index (χ1) is 8.30. The molecule has 1 aromatic rings. The van der Waals surface area contributed by atoms with Crippen LogP contribution >= 0.6 is 0 Å². The van der Waals surface area contributed by atoms with Gasteiger partial charge in [0.15, 0.2) is 17.8 Å². The van der Waals surface area contributed by atoms with Crippen LogP contribution in [0.15, 0.2) is 6.20 Å². The summed E-state index contributed by atoms with van der Waals surface area (Å²) in [6.45, 7) is 0. The Balaban J connectivity index is 3.35. The van der Waals surface area contributed by atoms with E-state index < -0.39 is 35.5 Å². The molecule has 0 atom stereocenters. The van der Waals surface area contributed by atoms with E-state index in [0.29, 0.717) is 6.20 Å². The molecule has 0 amide bonds. The molecule has 0 saturated heterocycles. The van der Waals surface area contributed by atoms with Gasteiger partial charge in [-0.3, -0.25) is 9.78 Å². The highest BCUT2D eigenvalue weighted by molar-refractivity contribution is 5.82. The summed E-state index contributed by atoms with van der Waals surface area (Å²) in [5.41, 5.74) is -1.76. The van der Waals surface area contributed by atoms with Crippen LogP contribution in [0, 0.1) is 0 Å². The van der Waals surface area contributed by atoms with Gasteiger partial charge in [0.1, 0.15) is 5.69 Å². The Morgan fingerprint density at radius 1 is 1.39 bits per heavy atom. The van der Waals surface area contributed by atoms with Crippen LogP contribution in [0.2, 0.25) is 0 Å². The standard InChI is InChI=1S/C9H6F5NO3/c1-17-7-4(3-16)6(8(10)11)15-2-5(7)18-9(12,13)14/h2-3,8H,1H3. The zero-order valence-corrected chi connectivity index (χ0v) is 8.79. The van der Waals surface area contributed by atoms with Gasteiger partial charge in [-0.15, -0.1) is 13.2 Å². The van der Waals surface area contributed by atoms with Crippen molar-refractivity contribution in [3.63, 3.8) is 0 Å². The summed E-state index contributed by atoms with van der Waals surface area (Å²) >= 11 is 0. The lowest BCUT2D eigenvalue weighted by molar-refractivity contribution is -0.275. The third-order valence-corrected chi connectivity index (χ3v) is 1.82. The average molecular weight is 271 g/mol. The molecule has 1 heterocycles. The molecular weight excluding hydrogens is 265 g/mol. The van der Waals surface area contributed by atoms with Gasteiger partial charge in [0.2, 0.25) is 0 Å². The van der Waals surface area contributed by atoms with Gasteiger partial charge in [0.25, 0.3) is 6.43 Å². The number of halogens is 5. The smallest absolute Gasteiger partial charge is 0.492 e. The lowest BCUT2D eigenvalue weighted by Crippen LogP contribution is -2.18. The molecule has 0 radical (unpaired) electrons. The van der Waals surface area contributed by atoms with E-state index in [4.69, 9.17) is 0 Å². The quantitative estimate of drug-likeness (QED) is 0.624. The molecule has 100 valence electrons. The summed E-state index contributed by atoms with van der Waals surface area (Å²) in [6.07, 6.45) is -7.84. The number of carbonyl (C=O) groups excluding carboxylic acids is 1. The minimum atomic E-state index is -5.05. The predicted molar refractivity (Wildman–Crippen MR) is 47.8 cm³/mol. The monoisotopic (exact) mass is 271 g/mol. The number of nitrogens with zero attached hydrogens (tertiary/aromatic N) is 1. The second-order valence-electron chi connectivity index (χ2n) is 2.92. The van der Waals surface area contributed by atoms with Crippen LogP contribution in [0.1, 0.15) is 22.5 Å². The number of methoxy groups -OCH3 is 1. The summed E-state index contributed by atoms with van der Waals surface area (Å²) in [7, 11) is 0.917. The molecule has 1 aromatic heterocycles. The molecule has 1 rings (SSSR count). The zero-order valence-electron chi connectivity index (χ0n) is 8.79. The topological polar surface area (TPSA) is 48.4 Å². The maximum atomic E-state index is 12.5. The lowest BCUT2D eigenvalue weighted by Gasteiger charge is -2.14. The number of hydrogen-bond acceptors (Lipinski definition) is 4. The molecule has 0 aliphatic rings. The molecule has 0 bridgehead atoms. The van der Waals surface area contributed by atoms with Gasteiger partial charge >= 0.3 is 6.36 Å². The summed E-state index contributed by atoms with van der Waals surface area (Å²) in [5.74, 6) is -1.70. The summed E-state index contributed by atoms with van der Waals surface area (Å²) in [5, 5.41) is 0. The number of aldehydes is 1. The third-order valence-electron chi connectivity index (χ3n) is 1.82. The lowest BCUT2D eigenvalue weighted by atomic mass is 10.2. The van der Waals surface area contributed by atoms with Crippen LogP contribution in [0.25, 0.3) is 0 Å². The Bertz CT molecular complexity index is 447. The van der Waals surface area contributed by atoms with Gasteiger partial charge in [-0.1, -0.05) is 0 Å². The Morgan fingerprint density at radius 3 is 2.39 bits per heavy atom. The van der Waals surface area contributed by atoms with E-state index >= 15 is 0 Å². The van der Waals surface area contributed by atoms with E-state index in [2.05, 4.69) is 14.5 Å². The highest BCUT2D eigenvalue weighted by Crippen LogP contribution is 2.37. The van der Waals surface area contributed by atoms with E-state index in [-0.39, 0.29) is 6.29 Å². The minimum Gasteiger partial charge on any atom is -0.492 e. The van der Waals surface area contributed by atoms with Gasteiger partial charge in [-0.25, -0.2) is 8.78 Å². The van der Waals surface area contributed by atoms with Crippen molar-refractivity contribution >= 4 is 6.29 Å².